The van der Waals surface area contributed by atoms with Gasteiger partial charge in [-0.3, -0.25) is 13.9 Å². The van der Waals surface area contributed by atoms with Crippen LogP contribution in [0.3, 0.4) is 0 Å². The van der Waals surface area contributed by atoms with E-state index in [2.05, 4.69) is 21.2 Å². The average Bonchev–Trinajstić information content (AvgIpc) is 2.91. The summed E-state index contributed by atoms with van der Waals surface area (Å²) in [6.45, 7) is 5.48. The molecule has 3 aromatic rings. The highest BCUT2D eigenvalue weighted by molar-refractivity contribution is 9.10. The highest BCUT2D eigenvalue weighted by Crippen LogP contribution is 2.27. The van der Waals surface area contributed by atoms with Crippen LogP contribution in [0.25, 0.3) is 0 Å². The molecule has 0 heterocycles. The van der Waals surface area contributed by atoms with Crippen molar-refractivity contribution in [3.8, 4) is 0 Å². The van der Waals surface area contributed by atoms with Gasteiger partial charge in [-0.25, -0.2) is 12.8 Å². The Kier molecular flexibility index (Phi) is 10.7. The van der Waals surface area contributed by atoms with Crippen molar-refractivity contribution in [3.05, 3.63) is 94.2 Å². The maximum absolute atomic E-state index is 13.9. The second-order valence-corrected chi connectivity index (χ2v) is 11.9. The van der Waals surface area contributed by atoms with Crippen LogP contribution in [0.5, 0.6) is 0 Å². The van der Waals surface area contributed by atoms with Crippen LogP contribution in [0.4, 0.5) is 10.1 Å². The molecule has 0 aliphatic rings. The third-order valence-corrected chi connectivity index (χ3v) is 8.47. The van der Waals surface area contributed by atoms with Gasteiger partial charge in [0.25, 0.3) is 10.0 Å². The maximum atomic E-state index is 13.9. The number of nitrogens with one attached hydrogen (secondary N) is 1. The van der Waals surface area contributed by atoms with Crippen LogP contribution in [0, 0.1) is 12.7 Å². The molecular weight excluding hydrogens is 585 g/mol. The van der Waals surface area contributed by atoms with Crippen LogP contribution in [0.1, 0.15) is 37.8 Å². The molecule has 39 heavy (non-hydrogen) atoms. The fraction of sp³-hybridized carbons (Fsp3) is 0.310. The molecule has 0 aliphatic heterocycles. The Morgan fingerprint density at radius 3 is 2.26 bits per heavy atom. The van der Waals surface area contributed by atoms with Crippen molar-refractivity contribution in [1.82, 2.24) is 10.2 Å². The SMILES string of the molecule is CCCNC(=O)[C@H](CC)N(Cc1ccc(F)cc1)C(=O)CN(c1cccc(Br)c1)S(=O)(=O)c1ccc(C)cc1. The molecule has 0 radical (unpaired) electrons. The van der Waals surface area contributed by atoms with Crippen LogP contribution < -0.4 is 9.62 Å². The van der Waals surface area contributed by atoms with Gasteiger partial charge >= 0.3 is 0 Å². The summed E-state index contributed by atoms with van der Waals surface area (Å²) < 4.78 is 42.9. The molecule has 0 bridgehead atoms. The predicted octanol–water partition coefficient (Wildman–Crippen LogP) is 5.43. The lowest BCUT2D eigenvalue weighted by Crippen LogP contribution is -2.52. The number of rotatable bonds is 12. The fourth-order valence-electron chi connectivity index (χ4n) is 4.07. The van der Waals surface area contributed by atoms with Gasteiger partial charge in [0, 0.05) is 17.6 Å². The topological polar surface area (TPSA) is 86.8 Å². The summed E-state index contributed by atoms with van der Waals surface area (Å²) >= 11 is 3.39. The Labute approximate surface area is 238 Å². The molecule has 0 fully saturated rings. The number of amides is 2. The first kappa shape index (κ1) is 30.3. The average molecular weight is 619 g/mol. The molecule has 0 saturated carbocycles. The minimum absolute atomic E-state index is 0.00800. The summed E-state index contributed by atoms with van der Waals surface area (Å²) in [4.78, 5) is 28.4. The van der Waals surface area contributed by atoms with Gasteiger partial charge in [0.2, 0.25) is 11.8 Å². The van der Waals surface area contributed by atoms with Crippen LogP contribution in [0.2, 0.25) is 0 Å². The van der Waals surface area contributed by atoms with Crippen molar-refractivity contribution in [2.24, 2.45) is 0 Å². The lowest BCUT2D eigenvalue weighted by molar-refractivity contribution is -0.140. The van der Waals surface area contributed by atoms with Crippen LogP contribution in [-0.4, -0.2) is 44.3 Å². The Morgan fingerprint density at radius 2 is 1.67 bits per heavy atom. The van der Waals surface area contributed by atoms with Gasteiger partial charge in [-0.1, -0.05) is 65.7 Å². The van der Waals surface area contributed by atoms with E-state index in [0.717, 1.165) is 16.3 Å². The number of carbonyl (C=O) groups excluding carboxylic acids is 2. The van der Waals surface area contributed by atoms with Crippen LogP contribution in [-0.2, 0) is 26.2 Å². The first-order valence-corrected chi connectivity index (χ1v) is 15.0. The monoisotopic (exact) mass is 617 g/mol. The molecule has 208 valence electrons. The lowest BCUT2D eigenvalue weighted by Gasteiger charge is -2.33. The highest BCUT2D eigenvalue weighted by atomic mass is 79.9. The third kappa shape index (κ3) is 7.89. The summed E-state index contributed by atoms with van der Waals surface area (Å²) in [5, 5.41) is 2.84. The molecule has 1 N–H and O–H groups in total. The molecule has 2 amide bonds. The summed E-state index contributed by atoms with van der Waals surface area (Å²) in [5.41, 5.74) is 1.80. The fourth-order valence-corrected chi connectivity index (χ4v) is 5.86. The molecule has 7 nitrogen and oxygen atoms in total. The molecule has 3 aromatic carbocycles. The van der Waals surface area contributed by atoms with E-state index in [-0.39, 0.29) is 17.3 Å². The van der Waals surface area contributed by atoms with E-state index in [0.29, 0.717) is 28.7 Å². The molecule has 0 aliphatic carbocycles. The van der Waals surface area contributed by atoms with Crippen LogP contribution in [0.15, 0.2) is 82.2 Å². The van der Waals surface area contributed by atoms with Gasteiger partial charge in [0.15, 0.2) is 0 Å². The van der Waals surface area contributed by atoms with Gasteiger partial charge < -0.3 is 10.2 Å². The lowest BCUT2D eigenvalue weighted by atomic mass is 10.1. The summed E-state index contributed by atoms with van der Waals surface area (Å²) in [5.74, 6) is -1.31. The van der Waals surface area contributed by atoms with Gasteiger partial charge in [-0.15, -0.1) is 0 Å². The number of halogens is 2. The third-order valence-electron chi connectivity index (χ3n) is 6.19. The quantitative estimate of drug-likeness (QED) is 0.294. The zero-order valence-electron chi connectivity index (χ0n) is 22.2. The molecule has 0 saturated heterocycles. The van der Waals surface area contributed by atoms with E-state index in [1.165, 1.54) is 29.2 Å². The van der Waals surface area contributed by atoms with E-state index in [4.69, 9.17) is 0 Å². The van der Waals surface area contributed by atoms with Gasteiger partial charge in [-0.05, 0) is 67.8 Å². The van der Waals surface area contributed by atoms with Gasteiger partial charge in [0.05, 0.1) is 10.6 Å². The predicted molar refractivity (Wildman–Crippen MR) is 154 cm³/mol. The van der Waals surface area contributed by atoms with Crippen molar-refractivity contribution in [3.63, 3.8) is 0 Å². The highest BCUT2D eigenvalue weighted by Gasteiger charge is 2.33. The van der Waals surface area contributed by atoms with Crippen molar-refractivity contribution in [2.75, 3.05) is 17.4 Å². The standard InChI is InChI=1S/C29H33BrFN3O4S/c1-4-17-32-29(36)27(5-2)33(19-22-11-13-24(31)14-12-22)28(35)20-34(25-8-6-7-23(30)18-25)39(37,38)26-15-9-21(3)10-16-26/h6-16,18,27H,4-5,17,19-20H2,1-3H3,(H,32,36)/t27-/m0/s1. The maximum Gasteiger partial charge on any atom is 0.264 e. The number of aryl methyl sites for hydroxylation is 1. The second-order valence-electron chi connectivity index (χ2n) is 9.17. The van der Waals surface area contributed by atoms with Gasteiger partial charge in [-0.2, -0.15) is 0 Å². The summed E-state index contributed by atoms with van der Waals surface area (Å²) in [7, 11) is -4.15. The Hall–Kier alpha value is -3.24. The van der Waals surface area contributed by atoms with E-state index >= 15 is 0 Å². The van der Waals surface area contributed by atoms with Crippen molar-refractivity contribution >= 4 is 43.5 Å². The van der Waals surface area contributed by atoms with Crippen molar-refractivity contribution < 1.29 is 22.4 Å². The van der Waals surface area contributed by atoms with Crippen molar-refractivity contribution in [2.45, 2.75) is 51.1 Å². The number of benzene rings is 3. The molecule has 0 unspecified atom stereocenters. The Bertz CT molecular complexity index is 1380. The number of nitrogens with zero attached hydrogens (tertiary/aromatic N) is 2. The molecule has 1 atom stereocenters. The Balaban J connectivity index is 2.04. The van der Waals surface area contributed by atoms with E-state index in [1.54, 1.807) is 55.5 Å². The first-order valence-electron chi connectivity index (χ1n) is 12.7. The van der Waals surface area contributed by atoms with Crippen molar-refractivity contribution in [1.29, 1.82) is 0 Å². The molecule has 0 spiro atoms. The molecule has 3 rings (SSSR count). The van der Waals surface area contributed by atoms with Crippen LogP contribution >= 0.6 is 15.9 Å². The second kappa shape index (κ2) is 13.7. The molecule has 10 heteroatoms. The van der Waals surface area contributed by atoms with E-state index in [9.17, 15) is 22.4 Å². The van der Waals surface area contributed by atoms with Gasteiger partial charge in [0.1, 0.15) is 18.4 Å². The molecular formula is C29H33BrFN3O4S. The molecule has 0 aromatic heterocycles. The number of hydrogen-bond donors (Lipinski definition) is 1. The number of hydrogen-bond acceptors (Lipinski definition) is 4. The number of sulfonamides is 1. The number of carbonyl (C=O) groups is 2. The first-order chi connectivity index (χ1) is 18.6. The normalized spacial score (nSPS) is 12.0. The minimum Gasteiger partial charge on any atom is -0.354 e. The Morgan fingerprint density at radius 1 is 1.00 bits per heavy atom. The van der Waals surface area contributed by atoms with E-state index in [1.807, 2.05) is 13.8 Å². The zero-order chi connectivity index (χ0) is 28.6. The smallest absolute Gasteiger partial charge is 0.264 e. The van der Waals surface area contributed by atoms with E-state index < -0.39 is 34.3 Å². The summed E-state index contributed by atoms with van der Waals surface area (Å²) in [6, 6.07) is 17.9. The summed E-state index contributed by atoms with van der Waals surface area (Å²) in [6.07, 6.45) is 1.03. The largest absolute Gasteiger partial charge is 0.354 e. The number of anilines is 1. The minimum atomic E-state index is -4.15. The zero-order valence-corrected chi connectivity index (χ0v) is 24.6.